The average Bonchev–Trinajstić information content (AvgIpc) is 3.31. The van der Waals surface area contributed by atoms with Crippen molar-refractivity contribution in [2.45, 2.75) is 58.9 Å². The standard InChI is InChI=1S/C26H31BrN4O2S/c1-4-6-7-9-18-12-14-19(15-13-18)23(32)28-22(17(3)5-2)24(33)29-26-31-30-25(34-26)20-10-8-11-21(27)16-20/h8,10-17,22H,4-7,9H2,1-3H3,(H,28,32)(H,29,31,33)/t17-,22+/m0/s1. The highest BCUT2D eigenvalue weighted by Crippen LogP contribution is 2.28. The average molecular weight is 544 g/mol. The maximum absolute atomic E-state index is 13.1. The van der Waals surface area contributed by atoms with E-state index in [1.807, 2.05) is 62.4 Å². The van der Waals surface area contributed by atoms with E-state index < -0.39 is 6.04 Å². The van der Waals surface area contributed by atoms with Gasteiger partial charge in [-0.05, 0) is 48.6 Å². The molecule has 0 saturated heterocycles. The summed E-state index contributed by atoms with van der Waals surface area (Å²) in [7, 11) is 0. The number of aromatic nitrogens is 2. The van der Waals surface area contributed by atoms with Crippen molar-refractivity contribution >= 4 is 44.2 Å². The Morgan fingerprint density at radius 1 is 1.06 bits per heavy atom. The molecule has 0 unspecified atom stereocenters. The number of halogens is 1. The Balaban J connectivity index is 1.66. The number of anilines is 1. The van der Waals surface area contributed by atoms with Gasteiger partial charge in [0.2, 0.25) is 11.0 Å². The minimum atomic E-state index is -0.681. The van der Waals surface area contributed by atoms with E-state index in [0.717, 1.165) is 29.3 Å². The zero-order valence-electron chi connectivity index (χ0n) is 19.8. The summed E-state index contributed by atoms with van der Waals surface area (Å²) in [6.45, 7) is 6.14. The predicted octanol–water partition coefficient (Wildman–Crippen LogP) is 6.48. The number of unbranched alkanes of at least 4 members (excludes halogenated alkanes) is 2. The van der Waals surface area contributed by atoms with Crippen molar-refractivity contribution in [2.75, 3.05) is 5.32 Å². The van der Waals surface area contributed by atoms with Crippen LogP contribution in [0.4, 0.5) is 5.13 Å². The van der Waals surface area contributed by atoms with Crippen LogP contribution in [0.3, 0.4) is 0 Å². The number of nitrogens with zero attached hydrogens (tertiary/aromatic N) is 2. The lowest BCUT2D eigenvalue weighted by atomic mass is 9.97. The Morgan fingerprint density at radius 3 is 2.50 bits per heavy atom. The summed E-state index contributed by atoms with van der Waals surface area (Å²) >= 11 is 4.75. The van der Waals surface area contributed by atoms with Crippen LogP contribution in [0.2, 0.25) is 0 Å². The molecule has 0 aliphatic rings. The highest BCUT2D eigenvalue weighted by atomic mass is 79.9. The largest absolute Gasteiger partial charge is 0.340 e. The van der Waals surface area contributed by atoms with Crippen LogP contribution in [0.25, 0.3) is 10.6 Å². The fourth-order valence-corrected chi connectivity index (χ4v) is 4.67. The molecule has 180 valence electrons. The molecule has 0 aliphatic carbocycles. The molecule has 1 aromatic heterocycles. The second-order valence-electron chi connectivity index (χ2n) is 8.40. The van der Waals surface area contributed by atoms with Gasteiger partial charge < -0.3 is 5.32 Å². The Bertz CT molecular complexity index is 1100. The third-order valence-corrected chi connectivity index (χ3v) is 7.17. The molecular formula is C26H31BrN4O2S. The van der Waals surface area contributed by atoms with Crippen LogP contribution in [0, 0.1) is 5.92 Å². The zero-order chi connectivity index (χ0) is 24.5. The number of amides is 2. The fraction of sp³-hybridized carbons (Fsp3) is 0.385. The number of carbonyl (C=O) groups excluding carboxylic acids is 2. The summed E-state index contributed by atoms with van der Waals surface area (Å²) in [5.41, 5.74) is 2.68. The smallest absolute Gasteiger partial charge is 0.251 e. The minimum absolute atomic E-state index is 0.0465. The minimum Gasteiger partial charge on any atom is -0.340 e. The molecule has 8 heteroatoms. The highest BCUT2D eigenvalue weighted by molar-refractivity contribution is 9.10. The van der Waals surface area contributed by atoms with Gasteiger partial charge in [0.15, 0.2) is 0 Å². The first kappa shape index (κ1) is 26.0. The van der Waals surface area contributed by atoms with Gasteiger partial charge in [0.05, 0.1) is 0 Å². The van der Waals surface area contributed by atoms with Gasteiger partial charge in [0.25, 0.3) is 5.91 Å². The Morgan fingerprint density at radius 2 is 1.82 bits per heavy atom. The Kier molecular flexibility index (Phi) is 9.77. The number of benzene rings is 2. The number of carbonyl (C=O) groups is 2. The summed E-state index contributed by atoms with van der Waals surface area (Å²) < 4.78 is 0.944. The number of nitrogens with one attached hydrogen (secondary N) is 2. The van der Waals surface area contributed by atoms with E-state index in [4.69, 9.17) is 0 Å². The number of rotatable bonds is 11. The lowest BCUT2D eigenvalue weighted by Crippen LogP contribution is -2.47. The van der Waals surface area contributed by atoms with Gasteiger partial charge in [-0.15, -0.1) is 10.2 Å². The quantitative estimate of drug-likeness (QED) is 0.271. The number of hydrogen-bond acceptors (Lipinski definition) is 5. The molecule has 1 heterocycles. The third kappa shape index (κ3) is 7.21. The molecule has 3 aromatic rings. The van der Waals surface area contributed by atoms with Crippen molar-refractivity contribution in [1.29, 1.82) is 0 Å². The molecular weight excluding hydrogens is 512 g/mol. The monoisotopic (exact) mass is 542 g/mol. The lowest BCUT2D eigenvalue weighted by molar-refractivity contribution is -0.119. The zero-order valence-corrected chi connectivity index (χ0v) is 22.2. The molecule has 6 nitrogen and oxygen atoms in total. The van der Waals surface area contributed by atoms with Crippen molar-refractivity contribution in [3.8, 4) is 10.6 Å². The summed E-state index contributed by atoms with van der Waals surface area (Å²) in [6.07, 6.45) is 5.29. The molecule has 0 spiro atoms. The first-order valence-corrected chi connectivity index (χ1v) is 13.3. The summed E-state index contributed by atoms with van der Waals surface area (Å²) in [5.74, 6) is -0.599. The first-order valence-electron chi connectivity index (χ1n) is 11.7. The normalized spacial score (nSPS) is 12.7. The second kappa shape index (κ2) is 12.8. The van der Waals surface area contributed by atoms with Crippen LogP contribution < -0.4 is 10.6 Å². The van der Waals surface area contributed by atoms with E-state index >= 15 is 0 Å². The van der Waals surface area contributed by atoms with Gasteiger partial charge in [-0.2, -0.15) is 0 Å². The summed E-state index contributed by atoms with van der Waals surface area (Å²) in [6, 6.07) is 14.7. The molecule has 0 fully saturated rings. The molecule has 0 saturated carbocycles. The molecule has 2 aromatic carbocycles. The predicted molar refractivity (Wildman–Crippen MR) is 142 cm³/mol. The van der Waals surface area contributed by atoms with Crippen LogP contribution >= 0.6 is 27.3 Å². The van der Waals surface area contributed by atoms with Crippen molar-refractivity contribution in [2.24, 2.45) is 5.92 Å². The second-order valence-corrected chi connectivity index (χ2v) is 10.3. The van der Waals surface area contributed by atoms with Gasteiger partial charge >= 0.3 is 0 Å². The van der Waals surface area contributed by atoms with Crippen LogP contribution in [0.15, 0.2) is 53.0 Å². The van der Waals surface area contributed by atoms with Crippen LogP contribution in [-0.2, 0) is 11.2 Å². The molecule has 0 radical (unpaired) electrons. The Hall–Kier alpha value is -2.58. The number of aryl methyl sites for hydroxylation is 1. The highest BCUT2D eigenvalue weighted by Gasteiger charge is 2.27. The van der Waals surface area contributed by atoms with Crippen molar-refractivity contribution in [1.82, 2.24) is 15.5 Å². The molecule has 0 bridgehead atoms. The van der Waals surface area contributed by atoms with E-state index in [1.54, 1.807) is 0 Å². The van der Waals surface area contributed by atoms with E-state index in [-0.39, 0.29) is 17.7 Å². The van der Waals surface area contributed by atoms with E-state index in [2.05, 4.69) is 43.7 Å². The molecule has 3 rings (SSSR count). The first-order chi connectivity index (χ1) is 16.4. The van der Waals surface area contributed by atoms with E-state index in [0.29, 0.717) is 15.7 Å². The van der Waals surface area contributed by atoms with Crippen LogP contribution in [-0.4, -0.2) is 28.1 Å². The van der Waals surface area contributed by atoms with Crippen LogP contribution in [0.1, 0.15) is 62.4 Å². The van der Waals surface area contributed by atoms with Gasteiger partial charge in [0, 0.05) is 15.6 Å². The maximum Gasteiger partial charge on any atom is 0.251 e. The fourth-order valence-electron chi connectivity index (χ4n) is 3.52. The van der Waals surface area contributed by atoms with Gasteiger partial charge in [0.1, 0.15) is 11.0 Å². The molecule has 2 atom stereocenters. The number of hydrogen-bond donors (Lipinski definition) is 2. The topological polar surface area (TPSA) is 84.0 Å². The van der Waals surface area contributed by atoms with E-state index in [9.17, 15) is 9.59 Å². The molecule has 34 heavy (non-hydrogen) atoms. The molecule has 0 aliphatic heterocycles. The Labute approximate surface area is 213 Å². The van der Waals surface area contributed by atoms with Crippen LogP contribution in [0.5, 0.6) is 0 Å². The van der Waals surface area contributed by atoms with Crippen molar-refractivity contribution in [3.63, 3.8) is 0 Å². The summed E-state index contributed by atoms with van der Waals surface area (Å²) in [5, 5.41) is 15.2. The van der Waals surface area contributed by atoms with Crippen molar-refractivity contribution in [3.05, 3.63) is 64.1 Å². The van der Waals surface area contributed by atoms with Crippen molar-refractivity contribution < 1.29 is 9.59 Å². The third-order valence-electron chi connectivity index (χ3n) is 5.79. The molecule has 2 amide bonds. The SMILES string of the molecule is CCCCCc1ccc(C(=O)N[C@@H](C(=O)Nc2nnc(-c3cccc(Br)c3)s2)[C@@H](C)CC)cc1. The summed E-state index contributed by atoms with van der Waals surface area (Å²) in [4.78, 5) is 26.0. The van der Waals surface area contributed by atoms with Gasteiger partial charge in [-0.25, -0.2) is 0 Å². The van der Waals surface area contributed by atoms with E-state index in [1.165, 1.54) is 29.7 Å². The maximum atomic E-state index is 13.1. The lowest BCUT2D eigenvalue weighted by Gasteiger charge is -2.23. The molecule has 2 N–H and O–H groups in total. The van der Waals surface area contributed by atoms with Gasteiger partial charge in [-0.3, -0.25) is 14.9 Å². The van der Waals surface area contributed by atoms with Gasteiger partial charge in [-0.1, -0.05) is 91.6 Å².